The van der Waals surface area contributed by atoms with Gasteiger partial charge in [-0.05, 0) is 54.4 Å². The van der Waals surface area contributed by atoms with E-state index in [0.717, 1.165) is 5.56 Å². The fourth-order valence-corrected chi connectivity index (χ4v) is 2.42. The Morgan fingerprint density at radius 3 is 2.54 bits per heavy atom. The number of nitrogens with one attached hydrogen (secondary N) is 1. The highest BCUT2D eigenvalue weighted by Crippen LogP contribution is 2.20. The predicted molar refractivity (Wildman–Crippen MR) is 100 cm³/mol. The molecule has 142 valence electrons. The molecule has 0 fully saturated rings. The Morgan fingerprint density at radius 1 is 1.14 bits per heavy atom. The number of nitro groups is 1. The minimum absolute atomic E-state index is 0.0290. The van der Waals surface area contributed by atoms with E-state index in [1.165, 1.54) is 42.7 Å². The molecule has 8 heteroatoms. The van der Waals surface area contributed by atoms with Crippen LogP contribution in [0.2, 0.25) is 0 Å². The zero-order valence-electron chi connectivity index (χ0n) is 14.9. The van der Waals surface area contributed by atoms with Gasteiger partial charge >= 0.3 is 5.97 Å². The molecule has 1 heterocycles. The molecule has 3 rings (SSSR count). The molecule has 3 aromatic rings. The first kappa shape index (κ1) is 18.8. The van der Waals surface area contributed by atoms with Crippen molar-refractivity contribution < 1.29 is 23.7 Å². The van der Waals surface area contributed by atoms with Crippen LogP contribution in [0.4, 0.5) is 11.4 Å². The highest BCUT2D eigenvalue weighted by Gasteiger charge is 2.14. The summed E-state index contributed by atoms with van der Waals surface area (Å²) in [5, 5.41) is 13.4. The largest absolute Gasteiger partial charge is 0.459 e. The number of aryl methyl sites for hydroxylation is 1. The normalized spacial score (nSPS) is 10.3. The van der Waals surface area contributed by atoms with Crippen LogP contribution in [0.3, 0.4) is 0 Å². The number of ether oxygens (including phenoxy) is 1. The van der Waals surface area contributed by atoms with E-state index in [2.05, 4.69) is 5.32 Å². The van der Waals surface area contributed by atoms with Crippen LogP contribution in [0.25, 0.3) is 0 Å². The molecule has 28 heavy (non-hydrogen) atoms. The predicted octanol–water partition coefficient (Wildman–Crippen LogP) is 4.11. The molecule has 0 saturated carbocycles. The molecule has 0 aliphatic carbocycles. The molecule has 0 aliphatic rings. The van der Waals surface area contributed by atoms with Crippen LogP contribution < -0.4 is 5.32 Å². The van der Waals surface area contributed by atoms with Gasteiger partial charge in [-0.15, -0.1) is 0 Å². The highest BCUT2D eigenvalue weighted by atomic mass is 16.6. The number of amides is 1. The average Bonchev–Trinajstić information content (AvgIpc) is 3.23. The third-order valence-corrected chi connectivity index (χ3v) is 3.98. The minimum Gasteiger partial charge on any atom is -0.459 e. The van der Waals surface area contributed by atoms with Crippen molar-refractivity contribution in [2.75, 3.05) is 5.32 Å². The first-order valence-corrected chi connectivity index (χ1v) is 8.30. The summed E-state index contributed by atoms with van der Waals surface area (Å²) in [5.41, 5.74) is 2.09. The summed E-state index contributed by atoms with van der Waals surface area (Å²) in [6.07, 6.45) is 1.40. The fraction of sp³-hybridized carbons (Fsp3) is 0.100. The van der Waals surface area contributed by atoms with Crippen molar-refractivity contribution in [3.05, 3.63) is 93.4 Å². The lowest BCUT2D eigenvalue weighted by Gasteiger charge is -2.10. The average molecular weight is 380 g/mol. The molecule has 0 unspecified atom stereocenters. The Kier molecular flexibility index (Phi) is 5.50. The fourth-order valence-electron chi connectivity index (χ4n) is 2.42. The van der Waals surface area contributed by atoms with E-state index >= 15 is 0 Å². The van der Waals surface area contributed by atoms with Crippen LogP contribution in [0, 0.1) is 17.0 Å². The van der Waals surface area contributed by atoms with Gasteiger partial charge in [-0.25, -0.2) is 4.79 Å². The molecule has 2 aromatic carbocycles. The second-order valence-corrected chi connectivity index (χ2v) is 5.96. The summed E-state index contributed by atoms with van der Waals surface area (Å²) in [5.74, 6) is -0.845. The Morgan fingerprint density at radius 2 is 1.89 bits per heavy atom. The van der Waals surface area contributed by atoms with Gasteiger partial charge in [0.05, 0.1) is 16.7 Å². The van der Waals surface area contributed by atoms with E-state index in [1.807, 2.05) is 0 Å². The number of non-ortho nitro benzene ring substituents is 1. The number of hydrogen-bond donors (Lipinski definition) is 1. The van der Waals surface area contributed by atoms with Gasteiger partial charge < -0.3 is 14.5 Å². The molecule has 0 radical (unpaired) electrons. The molecule has 0 atom stereocenters. The zero-order chi connectivity index (χ0) is 20.1. The van der Waals surface area contributed by atoms with Crippen molar-refractivity contribution in [1.82, 2.24) is 0 Å². The Bertz CT molecular complexity index is 1010. The first-order valence-electron chi connectivity index (χ1n) is 8.30. The van der Waals surface area contributed by atoms with Gasteiger partial charge in [0.1, 0.15) is 6.61 Å². The molecule has 0 spiro atoms. The first-order chi connectivity index (χ1) is 13.4. The maximum atomic E-state index is 12.3. The number of benzene rings is 2. The summed E-state index contributed by atoms with van der Waals surface area (Å²) in [7, 11) is 0. The van der Waals surface area contributed by atoms with Crippen molar-refractivity contribution in [2.45, 2.75) is 13.5 Å². The van der Waals surface area contributed by atoms with Gasteiger partial charge in [0.15, 0.2) is 5.76 Å². The van der Waals surface area contributed by atoms with Gasteiger partial charge in [-0.3, -0.25) is 14.9 Å². The van der Waals surface area contributed by atoms with Crippen LogP contribution >= 0.6 is 0 Å². The second kappa shape index (κ2) is 8.17. The molecule has 8 nitrogen and oxygen atoms in total. The topological polar surface area (TPSA) is 112 Å². The SMILES string of the molecule is Cc1ccc(C(=O)OCc2ccc([N+](=O)[O-])cc2)cc1NC(=O)c1ccco1. The number of hydrogen-bond acceptors (Lipinski definition) is 6. The molecular formula is C20H16N2O6. The van der Waals surface area contributed by atoms with E-state index in [-0.39, 0.29) is 23.6 Å². The lowest BCUT2D eigenvalue weighted by molar-refractivity contribution is -0.384. The minimum atomic E-state index is -0.577. The summed E-state index contributed by atoms with van der Waals surface area (Å²) < 4.78 is 10.3. The standard InChI is InChI=1S/C20H16N2O6/c1-13-4-7-15(11-17(13)21-19(23)18-3-2-10-27-18)20(24)28-12-14-5-8-16(9-6-14)22(25)26/h2-11H,12H2,1H3,(H,21,23). The van der Waals surface area contributed by atoms with Gasteiger partial charge in [-0.2, -0.15) is 0 Å². The molecule has 1 N–H and O–H groups in total. The number of carbonyl (C=O) groups is 2. The summed E-state index contributed by atoms with van der Waals surface area (Å²) in [4.78, 5) is 34.6. The van der Waals surface area contributed by atoms with Crippen LogP contribution in [0.15, 0.2) is 65.3 Å². The number of carbonyl (C=O) groups excluding carboxylic acids is 2. The third kappa shape index (κ3) is 4.42. The van der Waals surface area contributed by atoms with E-state index in [1.54, 1.807) is 25.1 Å². The van der Waals surface area contributed by atoms with Crippen molar-refractivity contribution in [3.8, 4) is 0 Å². The van der Waals surface area contributed by atoms with Crippen LogP contribution in [0.5, 0.6) is 0 Å². The Labute approximate surface area is 159 Å². The third-order valence-electron chi connectivity index (χ3n) is 3.98. The van der Waals surface area contributed by atoms with Crippen LogP contribution in [-0.4, -0.2) is 16.8 Å². The zero-order valence-corrected chi connectivity index (χ0v) is 14.9. The van der Waals surface area contributed by atoms with Crippen molar-refractivity contribution in [2.24, 2.45) is 0 Å². The number of furan rings is 1. The number of nitro benzene ring substituents is 1. The second-order valence-electron chi connectivity index (χ2n) is 5.96. The number of nitrogens with zero attached hydrogens (tertiary/aromatic N) is 1. The highest BCUT2D eigenvalue weighted by molar-refractivity contribution is 6.03. The molecule has 1 aromatic heterocycles. The van der Waals surface area contributed by atoms with Gasteiger partial charge in [0, 0.05) is 17.8 Å². The monoisotopic (exact) mass is 380 g/mol. The van der Waals surface area contributed by atoms with E-state index in [0.29, 0.717) is 11.3 Å². The van der Waals surface area contributed by atoms with Crippen molar-refractivity contribution >= 4 is 23.3 Å². The summed E-state index contributed by atoms with van der Waals surface area (Å²) in [6, 6.07) is 13.7. The van der Waals surface area contributed by atoms with Crippen LogP contribution in [0.1, 0.15) is 32.0 Å². The number of anilines is 1. The van der Waals surface area contributed by atoms with E-state index in [4.69, 9.17) is 9.15 Å². The van der Waals surface area contributed by atoms with Crippen LogP contribution in [-0.2, 0) is 11.3 Å². The smallest absolute Gasteiger partial charge is 0.338 e. The van der Waals surface area contributed by atoms with Gasteiger partial charge in [0.2, 0.25) is 0 Å². The molecule has 0 saturated heterocycles. The quantitative estimate of drug-likeness (QED) is 0.391. The number of rotatable bonds is 6. The maximum Gasteiger partial charge on any atom is 0.338 e. The van der Waals surface area contributed by atoms with Gasteiger partial charge in [0.25, 0.3) is 11.6 Å². The summed E-state index contributed by atoms with van der Waals surface area (Å²) in [6.45, 7) is 1.77. The Balaban J connectivity index is 1.66. The summed E-state index contributed by atoms with van der Waals surface area (Å²) >= 11 is 0. The van der Waals surface area contributed by atoms with Crippen molar-refractivity contribution in [1.29, 1.82) is 0 Å². The number of esters is 1. The molecule has 0 aliphatic heterocycles. The van der Waals surface area contributed by atoms with Gasteiger partial charge in [-0.1, -0.05) is 6.07 Å². The molecular weight excluding hydrogens is 364 g/mol. The lowest BCUT2D eigenvalue weighted by atomic mass is 10.1. The maximum absolute atomic E-state index is 12.3. The van der Waals surface area contributed by atoms with E-state index in [9.17, 15) is 19.7 Å². The van der Waals surface area contributed by atoms with E-state index < -0.39 is 16.8 Å². The Hall–Kier alpha value is -3.94. The lowest BCUT2D eigenvalue weighted by Crippen LogP contribution is -2.13. The van der Waals surface area contributed by atoms with Crippen molar-refractivity contribution in [3.63, 3.8) is 0 Å². The molecule has 0 bridgehead atoms. The molecule has 1 amide bonds.